The Labute approximate surface area is 210 Å². The molecule has 1 aliphatic heterocycles. The highest BCUT2D eigenvalue weighted by atomic mass is 16.5. The molecular weight excluding hydrogens is 456 g/mol. The number of amides is 2. The van der Waals surface area contributed by atoms with E-state index in [9.17, 15) is 9.59 Å². The average molecular weight is 489 g/mol. The molecule has 2 aliphatic rings. The predicted molar refractivity (Wildman–Crippen MR) is 135 cm³/mol. The summed E-state index contributed by atoms with van der Waals surface area (Å²) in [4.78, 5) is 29.2. The van der Waals surface area contributed by atoms with Gasteiger partial charge < -0.3 is 19.4 Å². The molecule has 1 aromatic carbocycles. The molecule has 0 spiro atoms. The van der Waals surface area contributed by atoms with Gasteiger partial charge in [-0.05, 0) is 68.9 Å². The number of carbonyl (C=O) groups is 2. The van der Waals surface area contributed by atoms with E-state index in [0.29, 0.717) is 30.2 Å². The number of hydrogen-bond acceptors (Lipinski definition) is 5. The summed E-state index contributed by atoms with van der Waals surface area (Å²) in [6.45, 7) is 2.94. The van der Waals surface area contributed by atoms with Crippen molar-refractivity contribution in [3.63, 3.8) is 0 Å². The first kappa shape index (κ1) is 23.9. The van der Waals surface area contributed by atoms with Crippen molar-refractivity contribution in [2.24, 2.45) is 0 Å². The minimum absolute atomic E-state index is 0.190. The Morgan fingerprint density at radius 3 is 2.75 bits per heavy atom. The third-order valence-corrected chi connectivity index (χ3v) is 7.21. The predicted octanol–water partition coefficient (Wildman–Crippen LogP) is 4.57. The van der Waals surface area contributed by atoms with E-state index in [4.69, 9.17) is 9.15 Å². The van der Waals surface area contributed by atoms with E-state index in [1.54, 1.807) is 35.1 Å². The SMILES string of the molecule is COc1ccc(CNC(=O)[C@]2(C)Cn3nc(-c4ccco4)cc3C(=O)N2CCC2=CCCCC2)cc1. The first-order valence-corrected chi connectivity index (χ1v) is 12.5. The molecule has 1 N–H and O–H groups in total. The maximum absolute atomic E-state index is 13.8. The van der Waals surface area contributed by atoms with Crippen LogP contribution in [0.3, 0.4) is 0 Å². The third-order valence-electron chi connectivity index (χ3n) is 7.21. The number of carbonyl (C=O) groups excluding carboxylic acids is 2. The van der Waals surface area contributed by atoms with Crippen molar-refractivity contribution in [2.45, 2.75) is 57.7 Å². The summed E-state index contributed by atoms with van der Waals surface area (Å²) in [6.07, 6.45) is 9.18. The second-order valence-electron chi connectivity index (χ2n) is 9.67. The van der Waals surface area contributed by atoms with Crippen LogP contribution in [0.1, 0.15) is 55.1 Å². The van der Waals surface area contributed by atoms with Crippen LogP contribution in [-0.4, -0.2) is 45.7 Å². The Bertz CT molecular complexity index is 1260. The number of benzene rings is 1. The lowest BCUT2D eigenvalue weighted by Gasteiger charge is -2.43. The lowest BCUT2D eigenvalue weighted by Crippen LogP contribution is -2.64. The van der Waals surface area contributed by atoms with Gasteiger partial charge in [0.1, 0.15) is 22.7 Å². The van der Waals surface area contributed by atoms with Crippen LogP contribution in [0.5, 0.6) is 5.75 Å². The molecule has 0 unspecified atom stereocenters. The fourth-order valence-corrected chi connectivity index (χ4v) is 5.04. The summed E-state index contributed by atoms with van der Waals surface area (Å²) in [5.74, 6) is 0.959. The molecule has 8 nitrogen and oxygen atoms in total. The molecule has 8 heteroatoms. The van der Waals surface area contributed by atoms with Crippen LogP contribution in [0.2, 0.25) is 0 Å². The summed E-state index contributed by atoms with van der Waals surface area (Å²) in [5, 5.41) is 7.67. The molecule has 5 rings (SSSR count). The van der Waals surface area contributed by atoms with Crippen molar-refractivity contribution in [2.75, 3.05) is 13.7 Å². The molecule has 0 saturated heterocycles. The van der Waals surface area contributed by atoms with Gasteiger partial charge in [-0.3, -0.25) is 14.3 Å². The molecule has 36 heavy (non-hydrogen) atoms. The molecule has 3 heterocycles. The van der Waals surface area contributed by atoms with Gasteiger partial charge in [0.25, 0.3) is 5.91 Å². The van der Waals surface area contributed by atoms with Gasteiger partial charge in [-0.2, -0.15) is 5.10 Å². The highest BCUT2D eigenvalue weighted by molar-refractivity contribution is 6.00. The molecule has 0 radical (unpaired) electrons. The Hall–Kier alpha value is -3.81. The van der Waals surface area contributed by atoms with Gasteiger partial charge in [0, 0.05) is 19.2 Å². The molecule has 3 aromatic rings. The van der Waals surface area contributed by atoms with Crippen molar-refractivity contribution < 1.29 is 18.7 Å². The lowest BCUT2D eigenvalue weighted by molar-refractivity contribution is -0.133. The summed E-state index contributed by atoms with van der Waals surface area (Å²) in [6, 6.07) is 12.9. The van der Waals surface area contributed by atoms with E-state index in [-0.39, 0.29) is 18.4 Å². The number of nitrogens with zero attached hydrogens (tertiary/aromatic N) is 3. The van der Waals surface area contributed by atoms with Crippen LogP contribution in [0.25, 0.3) is 11.5 Å². The second kappa shape index (κ2) is 10.0. The number of methoxy groups -OCH3 is 1. The van der Waals surface area contributed by atoms with Crippen LogP contribution < -0.4 is 10.1 Å². The van der Waals surface area contributed by atoms with E-state index < -0.39 is 5.54 Å². The van der Waals surface area contributed by atoms with Gasteiger partial charge in [0.05, 0.1) is 19.9 Å². The smallest absolute Gasteiger partial charge is 0.273 e. The van der Waals surface area contributed by atoms with Gasteiger partial charge in [0.2, 0.25) is 5.91 Å². The van der Waals surface area contributed by atoms with Crippen molar-refractivity contribution in [1.82, 2.24) is 20.0 Å². The quantitative estimate of drug-likeness (QED) is 0.469. The minimum Gasteiger partial charge on any atom is -0.497 e. The van der Waals surface area contributed by atoms with Gasteiger partial charge in [0.15, 0.2) is 5.76 Å². The lowest BCUT2D eigenvalue weighted by atomic mass is 9.92. The number of hydrogen-bond donors (Lipinski definition) is 1. The van der Waals surface area contributed by atoms with Gasteiger partial charge in [-0.1, -0.05) is 23.8 Å². The zero-order valence-electron chi connectivity index (χ0n) is 20.8. The number of ether oxygens (including phenoxy) is 1. The number of allylic oxidation sites excluding steroid dienone is 1. The first-order chi connectivity index (χ1) is 17.5. The van der Waals surface area contributed by atoms with Crippen LogP contribution in [0.4, 0.5) is 0 Å². The molecule has 2 aromatic heterocycles. The maximum Gasteiger partial charge on any atom is 0.273 e. The first-order valence-electron chi connectivity index (χ1n) is 12.5. The highest BCUT2D eigenvalue weighted by Crippen LogP contribution is 2.31. The number of nitrogens with one attached hydrogen (secondary N) is 1. The van der Waals surface area contributed by atoms with E-state index >= 15 is 0 Å². The Balaban J connectivity index is 1.40. The minimum atomic E-state index is -1.09. The van der Waals surface area contributed by atoms with Crippen LogP contribution in [0.15, 0.2) is 64.8 Å². The van der Waals surface area contributed by atoms with Crippen LogP contribution in [-0.2, 0) is 17.9 Å². The van der Waals surface area contributed by atoms with Crippen molar-refractivity contribution in [3.8, 4) is 17.2 Å². The average Bonchev–Trinajstić information content (AvgIpc) is 3.58. The van der Waals surface area contributed by atoms with E-state index in [1.165, 1.54) is 18.4 Å². The maximum atomic E-state index is 13.8. The zero-order chi connectivity index (χ0) is 25.1. The number of furan rings is 1. The molecule has 1 aliphatic carbocycles. The molecule has 0 bridgehead atoms. The molecule has 188 valence electrons. The summed E-state index contributed by atoms with van der Waals surface area (Å²) < 4.78 is 12.4. The topological polar surface area (TPSA) is 89.6 Å². The van der Waals surface area contributed by atoms with Gasteiger partial charge in [-0.25, -0.2) is 0 Å². The second-order valence-corrected chi connectivity index (χ2v) is 9.67. The monoisotopic (exact) mass is 488 g/mol. The summed E-state index contributed by atoms with van der Waals surface area (Å²) in [7, 11) is 1.62. The molecular formula is C28H32N4O4. The fraction of sp³-hybridized carbons (Fsp3) is 0.393. The Morgan fingerprint density at radius 1 is 1.22 bits per heavy atom. The Kier molecular flexibility index (Phi) is 6.67. The summed E-state index contributed by atoms with van der Waals surface area (Å²) in [5.41, 5.74) is 2.29. The number of rotatable bonds is 8. The van der Waals surface area contributed by atoms with Crippen LogP contribution in [0, 0.1) is 0 Å². The van der Waals surface area contributed by atoms with E-state index in [2.05, 4.69) is 16.5 Å². The van der Waals surface area contributed by atoms with Crippen molar-refractivity contribution in [1.29, 1.82) is 0 Å². The molecule has 1 atom stereocenters. The van der Waals surface area contributed by atoms with Crippen molar-refractivity contribution in [3.05, 3.63) is 71.6 Å². The van der Waals surface area contributed by atoms with E-state index in [0.717, 1.165) is 30.6 Å². The molecule has 0 fully saturated rings. The summed E-state index contributed by atoms with van der Waals surface area (Å²) >= 11 is 0. The largest absolute Gasteiger partial charge is 0.497 e. The highest BCUT2D eigenvalue weighted by Gasteiger charge is 2.47. The van der Waals surface area contributed by atoms with Gasteiger partial charge >= 0.3 is 0 Å². The molecule has 2 amide bonds. The normalized spacial score (nSPS) is 19.6. The Morgan fingerprint density at radius 2 is 2.06 bits per heavy atom. The van der Waals surface area contributed by atoms with Crippen LogP contribution >= 0.6 is 0 Å². The standard InChI is InChI=1S/C28H32N4O4/c1-28(27(34)29-18-21-10-12-22(35-2)13-11-21)19-32-24(17-23(30-32)25-9-6-16-36-25)26(33)31(28)15-14-20-7-4-3-5-8-20/h6-7,9-13,16-17H,3-5,8,14-15,18-19H2,1-2H3,(H,29,34)/t28-/m0/s1. The number of fused-ring (bicyclic) bond motifs is 1. The van der Waals surface area contributed by atoms with Gasteiger partial charge in [-0.15, -0.1) is 0 Å². The van der Waals surface area contributed by atoms with Crippen molar-refractivity contribution >= 4 is 11.8 Å². The number of aromatic nitrogens is 2. The zero-order valence-corrected chi connectivity index (χ0v) is 20.8. The third kappa shape index (κ3) is 4.67. The van der Waals surface area contributed by atoms with E-state index in [1.807, 2.05) is 37.3 Å². The fourth-order valence-electron chi connectivity index (χ4n) is 5.04. The molecule has 0 saturated carbocycles.